The highest BCUT2D eigenvalue weighted by atomic mass is 32.1. The molecule has 0 aliphatic rings. The molecule has 0 aliphatic carbocycles. The Morgan fingerprint density at radius 1 is 1.48 bits per heavy atom. The lowest BCUT2D eigenvalue weighted by molar-refractivity contribution is -0.385. The highest BCUT2D eigenvalue weighted by molar-refractivity contribution is 7.15. The molecule has 2 rings (SSSR count). The Kier molecular flexibility index (Phi) is 3.85. The average Bonchev–Trinajstić information content (AvgIpc) is 2.70. The second kappa shape index (κ2) is 5.44. The van der Waals surface area contributed by atoms with Crippen molar-refractivity contribution in [1.29, 1.82) is 0 Å². The van der Waals surface area contributed by atoms with E-state index in [9.17, 15) is 19.3 Å². The number of hydrogen-bond acceptors (Lipinski definition) is 6. The van der Waals surface area contributed by atoms with Crippen molar-refractivity contribution < 1.29 is 14.1 Å². The van der Waals surface area contributed by atoms with Crippen LogP contribution in [0.15, 0.2) is 12.1 Å². The van der Waals surface area contributed by atoms with Gasteiger partial charge in [-0.25, -0.2) is 9.37 Å². The van der Waals surface area contributed by atoms with Gasteiger partial charge in [-0.1, -0.05) is 0 Å². The molecule has 21 heavy (non-hydrogen) atoms. The van der Waals surface area contributed by atoms with E-state index in [0.717, 1.165) is 16.6 Å². The Morgan fingerprint density at radius 3 is 2.67 bits per heavy atom. The van der Waals surface area contributed by atoms with Crippen molar-refractivity contribution in [2.75, 3.05) is 11.1 Å². The fraction of sp³-hybridized carbons (Fsp3) is 0.167. The van der Waals surface area contributed by atoms with Crippen molar-refractivity contribution in [1.82, 2.24) is 4.98 Å². The molecular formula is C12H11FN4O3S. The number of nitrogens with zero attached hydrogens (tertiary/aromatic N) is 2. The fourth-order valence-corrected chi connectivity index (χ4v) is 2.41. The summed E-state index contributed by atoms with van der Waals surface area (Å²) in [5, 5.41) is 13.7. The van der Waals surface area contributed by atoms with E-state index in [1.807, 2.05) is 6.92 Å². The van der Waals surface area contributed by atoms with E-state index in [0.29, 0.717) is 11.2 Å². The van der Waals surface area contributed by atoms with Gasteiger partial charge in [0.2, 0.25) is 0 Å². The molecule has 3 N–H and O–H groups in total. The number of nitro groups is 1. The molecule has 0 atom stereocenters. The molecule has 9 heteroatoms. The summed E-state index contributed by atoms with van der Waals surface area (Å²) >= 11 is 1.24. The first-order valence-electron chi connectivity index (χ1n) is 5.78. The number of benzene rings is 1. The van der Waals surface area contributed by atoms with Crippen molar-refractivity contribution in [3.63, 3.8) is 0 Å². The molecule has 1 aromatic heterocycles. The zero-order valence-electron chi connectivity index (χ0n) is 11.1. The van der Waals surface area contributed by atoms with Crippen LogP contribution in [0.25, 0.3) is 0 Å². The molecule has 0 aliphatic heterocycles. The highest BCUT2D eigenvalue weighted by Crippen LogP contribution is 2.27. The molecule has 0 radical (unpaired) electrons. The Balaban J connectivity index is 2.38. The van der Waals surface area contributed by atoms with Crippen LogP contribution in [-0.2, 0) is 0 Å². The number of carbonyl (C=O) groups excluding carboxylic acids is 1. The van der Waals surface area contributed by atoms with Crippen molar-refractivity contribution >= 4 is 33.8 Å². The van der Waals surface area contributed by atoms with Crippen LogP contribution in [0.4, 0.5) is 20.9 Å². The monoisotopic (exact) mass is 310 g/mol. The predicted octanol–water partition coefficient (Wildman–Crippen LogP) is 2.64. The van der Waals surface area contributed by atoms with Crippen LogP contribution in [0.5, 0.6) is 0 Å². The van der Waals surface area contributed by atoms with Crippen LogP contribution < -0.4 is 11.1 Å². The molecule has 110 valence electrons. The number of hydrogen-bond donors (Lipinski definition) is 2. The van der Waals surface area contributed by atoms with Crippen LogP contribution in [0, 0.1) is 29.8 Å². The van der Waals surface area contributed by atoms with Crippen LogP contribution in [0.2, 0.25) is 0 Å². The van der Waals surface area contributed by atoms with Gasteiger partial charge < -0.3 is 5.73 Å². The molecule has 0 saturated heterocycles. The first kappa shape index (κ1) is 14.9. The standard InChI is InChI=1S/C12H11FN4O3S/c1-5-6(2)21-12(15-5)16-11(18)7-3-9(14)8(13)4-10(7)17(19)20/h3-4H,14H2,1-2H3,(H,15,16,18). The molecule has 1 aromatic carbocycles. The lowest BCUT2D eigenvalue weighted by atomic mass is 10.1. The van der Waals surface area contributed by atoms with E-state index in [1.165, 1.54) is 11.3 Å². The predicted molar refractivity (Wildman–Crippen MR) is 77.0 cm³/mol. The van der Waals surface area contributed by atoms with Crippen molar-refractivity contribution in [2.24, 2.45) is 0 Å². The lowest BCUT2D eigenvalue weighted by Crippen LogP contribution is -2.15. The Hall–Kier alpha value is -2.55. The summed E-state index contributed by atoms with van der Waals surface area (Å²) in [7, 11) is 0. The Bertz CT molecular complexity index is 725. The molecular weight excluding hydrogens is 299 g/mol. The molecule has 1 amide bonds. The summed E-state index contributed by atoms with van der Waals surface area (Å²) in [6.45, 7) is 3.61. The quantitative estimate of drug-likeness (QED) is 0.514. The van der Waals surface area contributed by atoms with Crippen LogP contribution in [0.1, 0.15) is 20.9 Å². The Morgan fingerprint density at radius 2 is 2.14 bits per heavy atom. The maximum Gasteiger partial charge on any atom is 0.285 e. The second-order valence-corrected chi connectivity index (χ2v) is 5.47. The van der Waals surface area contributed by atoms with E-state index in [-0.39, 0.29) is 11.3 Å². The zero-order valence-corrected chi connectivity index (χ0v) is 12.0. The Labute approximate surface area is 122 Å². The van der Waals surface area contributed by atoms with Crippen LogP contribution in [-0.4, -0.2) is 15.8 Å². The number of carbonyl (C=O) groups is 1. The van der Waals surface area contributed by atoms with E-state index in [2.05, 4.69) is 10.3 Å². The number of nitrogens with one attached hydrogen (secondary N) is 1. The van der Waals surface area contributed by atoms with Gasteiger partial charge >= 0.3 is 0 Å². The first-order valence-corrected chi connectivity index (χ1v) is 6.60. The maximum atomic E-state index is 13.3. The smallest absolute Gasteiger partial charge is 0.285 e. The number of halogens is 1. The largest absolute Gasteiger partial charge is 0.396 e. The number of aryl methyl sites for hydroxylation is 2. The van der Waals surface area contributed by atoms with E-state index in [4.69, 9.17) is 5.73 Å². The average molecular weight is 310 g/mol. The minimum absolute atomic E-state index is 0.312. The molecule has 0 bridgehead atoms. The van der Waals surface area contributed by atoms with Crippen molar-refractivity contribution in [3.8, 4) is 0 Å². The van der Waals surface area contributed by atoms with Gasteiger partial charge in [0.1, 0.15) is 5.56 Å². The van der Waals surface area contributed by atoms with Crippen LogP contribution >= 0.6 is 11.3 Å². The van der Waals surface area contributed by atoms with Crippen molar-refractivity contribution in [2.45, 2.75) is 13.8 Å². The van der Waals surface area contributed by atoms with Gasteiger partial charge in [0.05, 0.1) is 22.4 Å². The molecule has 0 saturated carbocycles. The number of nitro benzene ring substituents is 1. The summed E-state index contributed by atoms with van der Waals surface area (Å²) in [4.78, 5) is 27.2. The third kappa shape index (κ3) is 2.97. The van der Waals surface area contributed by atoms with Gasteiger partial charge in [0.25, 0.3) is 11.6 Å². The number of anilines is 2. The topological polar surface area (TPSA) is 111 Å². The van der Waals surface area contributed by atoms with E-state index >= 15 is 0 Å². The SMILES string of the molecule is Cc1nc(NC(=O)c2cc(N)c(F)cc2[N+](=O)[O-])sc1C. The maximum absolute atomic E-state index is 13.3. The van der Waals surface area contributed by atoms with E-state index in [1.54, 1.807) is 6.92 Å². The molecule has 0 fully saturated rings. The van der Waals surface area contributed by atoms with Crippen molar-refractivity contribution in [3.05, 3.63) is 44.2 Å². The summed E-state index contributed by atoms with van der Waals surface area (Å²) in [6.07, 6.45) is 0. The van der Waals surface area contributed by atoms with Gasteiger partial charge in [-0.05, 0) is 19.9 Å². The van der Waals surface area contributed by atoms with Gasteiger partial charge in [0.15, 0.2) is 10.9 Å². The number of nitrogens with two attached hydrogens (primary N) is 1. The number of thiazole rings is 1. The first-order chi connectivity index (χ1) is 9.79. The van der Waals surface area contributed by atoms with Gasteiger partial charge in [-0.15, -0.1) is 11.3 Å². The lowest BCUT2D eigenvalue weighted by Gasteiger charge is -2.05. The third-order valence-corrected chi connectivity index (χ3v) is 3.79. The molecule has 2 aromatic rings. The summed E-state index contributed by atoms with van der Waals surface area (Å²) in [6, 6.07) is 1.57. The number of aromatic nitrogens is 1. The van der Waals surface area contributed by atoms with Gasteiger partial charge in [0, 0.05) is 4.88 Å². The number of nitrogen functional groups attached to an aromatic ring is 1. The minimum Gasteiger partial charge on any atom is -0.396 e. The minimum atomic E-state index is -0.945. The molecule has 1 heterocycles. The normalized spacial score (nSPS) is 10.4. The fourth-order valence-electron chi connectivity index (χ4n) is 1.60. The summed E-state index contributed by atoms with van der Waals surface area (Å²) < 4.78 is 13.3. The molecule has 0 unspecified atom stereocenters. The van der Waals surface area contributed by atoms with E-state index < -0.39 is 22.3 Å². The van der Waals surface area contributed by atoms with Gasteiger partial charge in [-0.2, -0.15) is 0 Å². The summed E-state index contributed by atoms with van der Waals surface area (Å²) in [5.74, 6) is -1.71. The zero-order chi connectivity index (χ0) is 15.7. The summed E-state index contributed by atoms with van der Waals surface area (Å²) in [5.41, 5.74) is 4.81. The van der Waals surface area contributed by atoms with Gasteiger partial charge in [-0.3, -0.25) is 20.2 Å². The number of amides is 1. The number of rotatable bonds is 3. The highest BCUT2D eigenvalue weighted by Gasteiger charge is 2.23. The van der Waals surface area contributed by atoms with Crippen LogP contribution in [0.3, 0.4) is 0 Å². The second-order valence-electron chi connectivity index (χ2n) is 4.26. The molecule has 0 spiro atoms. The molecule has 7 nitrogen and oxygen atoms in total. The third-order valence-electron chi connectivity index (χ3n) is 2.81.